The molecule has 0 amide bonds. The fourth-order valence-electron chi connectivity index (χ4n) is 4.77. The van der Waals surface area contributed by atoms with Gasteiger partial charge in [-0.05, 0) is 30.4 Å². The van der Waals surface area contributed by atoms with Crippen molar-refractivity contribution >= 4 is 70.3 Å². The number of carbonyl (C=O) groups excluding carboxylic acids is 3. The second-order valence-corrected chi connectivity index (χ2v) is 13.8. The second kappa shape index (κ2) is 19.2. The number of esters is 3. The van der Waals surface area contributed by atoms with Crippen molar-refractivity contribution in [1.29, 1.82) is 0 Å². The number of hydrogen-bond donors (Lipinski definition) is 0. The minimum absolute atomic E-state index is 0.0720. The molecule has 4 heterocycles. The molecule has 0 radical (unpaired) electrons. The first kappa shape index (κ1) is 42.2. The van der Waals surface area contributed by atoms with Gasteiger partial charge in [-0.1, -0.05) is 40.2 Å². The van der Waals surface area contributed by atoms with Crippen LogP contribution in [0, 0.1) is 17.5 Å². The lowest BCUT2D eigenvalue weighted by Gasteiger charge is -2.44. The van der Waals surface area contributed by atoms with Gasteiger partial charge >= 0.3 is 17.9 Å². The SMILES string of the molecule is CC(=O)OC[C@H]1O[C@H](Sc2cncc(Cl)c2)[C@H](OC(C)=O)[C@@H](n2cc(-c3cc(F)c(F)c(F)c3)nn2)[C@H]1OC(C)=O.CN(C)C(=S)Oc1cncc(Cl)c1. The molecule has 21 heteroatoms. The van der Waals surface area contributed by atoms with Crippen LogP contribution in [0.25, 0.3) is 11.3 Å². The highest BCUT2D eigenvalue weighted by molar-refractivity contribution is 7.99. The van der Waals surface area contributed by atoms with Crippen LogP contribution < -0.4 is 4.74 Å². The summed E-state index contributed by atoms with van der Waals surface area (Å²) in [5.74, 6) is -6.09. The van der Waals surface area contributed by atoms with E-state index in [0.717, 1.165) is 37.7 Å². The highest BCUT2D eigenvalue weighted by atomic mass is 35.5. The molecule has 0 saturated carbocycles. The van der Waals surface area contributed by atoms with Gasteiger partial charge in [-0.2, -0.15) is 0 Å². The van der Waals surface area contributed by atoms with E-state index in [2.05, 4.69) is 20.3 Å². The number of pyridine rings is 2. The summed E-state index contributed by atoms with van der Waals surface area (Å²) in [4.78, 5) is 46.1. The maximum Gasteiger partial charge on any atom is 0.303 e. The third-order valence-corrected chi connectivity index (χ3v) is 8.92. The van der Waals surface area contributed by atoms with E-state index in [1.807, 2.05) is 0 Å². The van der Waals surface area contributed by atoms with E-state index in [1.54, 1.807) is 37.3 Å². The van der Waals surface area contributed by atoms with Gasteiger partial charge in [-0.3, -0.25) is 24.4 Å². The number of nitrogens with zero attached hydrogens (tertiary/aromatic N) is 6. The Balaban J connectivity index is 0.000000422. The predicted octanol–water partition coefficient (Wildman–Crippen LogP) is 5.86. The molecular formula is C33H31Cl2F3N6O8S2. The van der Waals surface area contributed by atoms with Gasteiger partial charge in [0.15, 0.2) is 29.7 Å². The summed E-state index contributed by atoms with van der Waals surface area (Å²) in [5.41, 5.74) is -1.23. The lowest BCUT2D eigenvalue weighted by molar-refractivity contribution is -0.212. The number of thiocarbonyl (C=S) groups is 1. The Kier molecular flexibility index (Phi) is 15.0. The molecular weight excluding hydrogens is 800 g/mol. The molecule has 1 aliphatic rings. The van der Waals surface area contributed by atoms with E-state index in [0.29, 0.717) is 25.9 Å². The largest absolute Gasteiger partial charge is 0.463 e. The van der Waals surface area contributed by atoms with Crippen molar-refractivity contribution in [3.63, 3.8) is 0 Å². The van der Waals surface area contributed by atoms with Crippen LogP contribution in [-0.2, 0) is 33.3 Å². The van der Waals surface area contributed by atoms with E-state index in [-0.39, 0.29) is 17.9 Å². The van der Waals surface area contributed by atoms with Crippen molar-refractivity contribution in [2.45, 2.75) is 55.5 Å². The molecule has 0 unspecified atom stereocenters. The van der Waals surface area contributed by atoms with Gasteiger partial charge in [0.25, 0.3) is 5.17 Å². The Morgan fingerprint density at radius 3 is 2.09 bits per heavy atom. The Bertz CT molecular complexity index is 1970. The van der Waals surface area contributed by atoms with Crippen molar-refractivity contribution in [2.24, 2.45) is 0 Å². The smallest absolute Gasteiger partial charge is 0.303 e. The third-order valence-electron chi connectivity index (χ3n) is 6.95. The number of carbonyl (C=O) groups is 3. The lowest BCUT2D eigenvalue weighted by Crippen LogP contribution is -2.57. The average Bonchev–Trinajstić information content (AvgIpc) is 3.57. The first-order valence-corrected chi connectivity index (χ1v) is 17.5. The molecule has 0 bridgehead atoms. The van der Waals surface area contributed by atoms with Crippen LogP contribution in [0.15, 0.2) is 60.1 Å². The molecule has 3 aromatic heterocycles. The van der Waals surface area contributed by atoms with Crippen LogP contribution >= 0.6 is 47.2 Å². The molecule has 5 rings (SSSR count). The maximum absolute atomic E-state index is 13.9. The Morgan fingerprint density at radius 1 is 0.907 bits per heavy atom. The number of aromatic nitrogens is 5. The standard InChI is InChI=1S/C25H22ClF3N4O7S.C8H9ClN2OS/c1-11(34)37-10-20-23(38-12(2)35)22(33-9-19(31-32-33)14-4-17(27)21(29)18(28)5-14)24(39-13(3)36)25(40-20)41-16-6-15(26)7-30-8-16;1-11(2)8(13)12-7-3-6(9)4-10-5-7/h4-9,20,22-25H,10H2,1-3H3;3-5H,1-2H3/t20-,22+,23+,24-,25-;/m1./s1. The van der Waals surface area contributed by atoms with Gasteiger partial charge in [-0.15, -0.1) is 5.10 Å². The van der Waals surface area contributed by atoms with Crippen molar-refractivity contribution in [3.05, 3.63) is 82.7 Å². The molecule has 14 nitrogen and oxygen atoms in total. The fraction of sp³-hybridized carbons (Fsp3) is 0.333. The highest BCUT2D eigenvalue weighted by Gasteiger charge is 2.52. The summed E-state index contributed by atoms with van der Waals surface area (Å²) in [6.07, 6.45) is 3.67. The Labute approximate surface area is 326 Å². The minimum atomic E-state index is -1.65. The van der Waals surface area contributed by atoms with Gasteiger partial charge in [-0.25, -0.2) is 17.9 Å². The highest BCUT2D eigenvalue weighted by Crippen LogP contribution is 2.41. The van der Waals surface area contributed by atoms with Crippen molar-refractivity contribution in [3.8, 4) is 17.0 Å². The first-order valence-electron chi connectivity index (χ1n) is 15.5. The van der Waals surface area contributed by atoms with Crippen molar-refractivity contribution in [1.82, 2.24) is 29.9 Å². The average molecular weight is 832 g/mol. The monoisotopic (exact) mass is 830 g/mol. The quantitative estimate of drug-likeness (QED) is 0.0855. The van der Waals surface area contributed by atoms with Crippen LogP contribution in [-0.4, -0.2) is 97.4 Å². The van der Waals surface area contributed by atoms with E-state index < -0.39 is 65.1 Å². The molecule has 54 heavy (non-hydrogen) atoms. The van der Waals surface area contributed by atoms with E-state index in [4.69, 9.17) is 59.1 Å². The molecule has 0 aliphatic carbocycles. The molecule has 288 valence electrons. The molecule has 0 N–H and O–H groups in total. The van der Waals surface area contributed by atoms with Gasteiger partial charge in [0, 0.05) is 70.0 Å². The lowest BCUT2D eigenvalue weighted by atomic mass is 9.96. The second-order valence-electron chi connectivity index (χ2n) is 11.4. The Morgan fingerprint density at radius 2 is 1.52 bits per heavy atom. The van der Waals surface area contributed by atoms with Gasteiger partial charge < -0.3 is 28.6 Å². The molecule has 1 saturated heterocycles. The molecule has 4 aromatic rings. The zero-order chi connectivity index (χ0) is 39.7. The molecule has 1 aromatic carbocycles. The van der Waals surface area contributed by atoms with Gasteiger partial charge in [0.1, 0.15) is 35.6 Å². The number of rotatable bonds is 9. The van der Waals surface area contributed by atoms with E-state index in [9.17, 15) is 27.6 Å². The fourth-order valence-corrected chi connectivity index (χ4v) is 6.40. The number of benzene rings is 1. The molecule has 1 fully saturated rings. The number of ether oxygens (including phenoxy) is 5. The third kappa shape index (κ3) is 11.7. The van der Waals surface area contributed by atoms with Crippen LogP contribution in [0.3, 0.4) is 0 Å². The number of hydrogen-bond acceptors (Lipinski definition) is 14. The Hall–Kier alpha value is -4.56. The zero-order valence-corrected chi connectivity index (χ0v) is 32.1. The molecule has 0 spiro atoms. The normalized spacial score (nSPS) is 19.1. The number of thioether (sulfide) groups is 1. The molecule has 5 atom stereocenters. The van der Waals surface area contributed by atoms with Crippen molar-refractivity contribution in [2.75, 3.05) is 20.7 Å². The predicted molar refractivity (Wildman–Crippen MR) is 192 cm³/mol. The summed E-state index contributed by atoms with van der Waals surface area (Å²) in [5, 5.41) is 9.20. The zero-order valence-electron chi connectivity index (χ0n) is 28.9. The van der Waals surface area contributed by atoms with Crippen LogP contribution in [0.4, 0.5) is 13.2 Å². The van der Waals surface area contributed by atoms with E-state index in [1.165, 1.54) is 36.4 Å². The number of halogens is 5. The summed E-state index contributed by atoms with van der Waals surface area (Å²) >= 11 is 17.8. The van der Waals surface area contributed by atoms with Crippen LogP contribution in [0.2, 0.25) is 10.0 Å². The first-order chi connectivity index (χ1) is 25.5. The van der Waals surface area contributed by atoms with Gasteiger partial charge in [0.05, 0.1) is 22.4 Å². The topological polar surface area (TPSA) is 157 Å². The van der Waals surface area contributed by atoms with E-state index >= 15 is 0 Å². The minimum Gasteiger partial charge on any atom is -0.463 e. The molecule has 1 aliphatic heterocycles. The van der Waals surface area contributed by atoms with Gasteiger partial charge in [0.2, 0.25) is 0 Å². The van der Waals surface area contributed by atoms with Crippen LogP contribution in [0.5, 0.6) is 5.75 Å². The summed E-state index contributed by atoms with van der Waals surface area (Å²) in [6.45, 7) is 3.10. The van der Waals surface area contributed by atoms with Crippen molar-refractivity contribution < 1.29 is 51.2 Å². The summed E-state index contributed by atoms with van der Waals surface area (Å²) in [7, 11) is 3.61. The summed E-state index contributed by atoms with van der Waals surface area (Å²) in [6, 6.07) is 3.56. The maximum atomic E-state index is 13.9. The van der Waals surface area contributed by atoms with Crippen LogP contribution in [0.1, 0.15) is 26.8 Å². The summed E-state index contributed by atoms with van der Waals surface area (Å²) < 4.78 is 70.3.